The lowest BCUT2D eigenvalue weighted by Gasteiger charge is -2.16. The van der Waals surface area contributed by atoms with E-state index >= 15 is 0 Å². The van der Waals surface area contributed by atoms with Crippen molar-refractivity contribution >= 4 is 5.97 Å². The second-order valence-corrected chi connectivity index (χ2v) is 6.30. The molecule has 0 N–H and O–H groups in total. The van der Waals surface area contributed by atoms with Gasteiger partial charge in [0.1, 0.15) is 6.61 Å². The monoisotopic (exact) mass is 356 g/mol. The first-order valence-corrected chi connectivity index (χ1v) is 8.74. The fourth-order valence-corrected chi connectivity index (χ4v) is 3.31. The van der Waals surface area contributed by atoms with E-state index in [4.69, 9.17) is 18.9 Å². The van der Waals surface area contributed by atoms with Crippen molar-refractivity contribution in [3.63, 3.8) is 0 Å². The third-order valence-corrected chi connectivity index (χ3v) is 4.68. The molecule has 0 saturated heterocycles. The van der Waals surface area contributed by atoms with Gasteiger partial charge in [-0.2, -0.15) is 0 Å². The number of hydrogen-bond donors (Lipinski definition) is 0. The summed E-state index contributed by atoms with van der Waals surface area (Å²) < 4.78 is 21.4. The van der Waals surface area contributed by atoms with Crippen molar-refractivity contribution in [2.45, 2.75) is 32.3 Å². The van der Waals surface area contributed by atoms with Gasteiger partial charge in [0.15, 0.2) is 11.5 Å². The zero-order valence-electron chi connectivity index (χ0n) is 15.5. The molecule has 0 atom stereocenters. The molecule has 2 aromatic rings. The average Bonchev–Trinajstić information content (AvgIpc) is 2.70. The number of aryl methyl sites for hydroxylation is 2. The average molecular weight is 356 g/mol. The van der Waals surface area contributed by atoms with Gasteiger partial charge in [0.05, 0.1) is 26.9 Å². The first-order chi connectivity index (χ1) is 12.7. The maximum Gasteiger partial charge on any atom is 0.338 e. The zero-order chi connectivity index (χ0) is 18.5. The summed E-state index contributed by atoms with van der Waals surface area (Å²) in [7, 11) is 4.66. The quantitative estimate of drug-likeness (QED) is 0.734. The Morgan fingerprint density at radius 3 is 2.15 bits per heavy atom. The van der Waals surface area contributed by atoms with E-state index in [2.05, 4.69) is 0 Å². The molecule has 1 aliphatic rings. The second kappa shape index (κ2) is 8.13. The molecule has 5 nitrogen and oxygen atoms in total. The van der Waals surface area contributed by atoms with Crippen LogP contribution in [0.4, 0.5) is 0 Å². The fraction of sp³-hybridized carbons (Fsp3) is 0.381. The van der Waals surface area contributed by atoms with Crippen molar-refractivity contribution in [3.05, 3.63) is 52.6 Å². The normalized spacial score (nSPS) is 12.9. The minimum absolute atomic E-state index is 0.132. The summed E-state index contributed by atoms with van der Waals surface area (Å²) in [5, 5.41) is 0. The van der Waals surface area contributed by atoms with E-state index in [1.165, 1.54) is 24.0 Å². The van der Waals surface area contributed by atoms with Crippen LogP contribution in [0, 0.1) is 0 Å². The number of fused-ring (bicyclic) bond motifs is 1. The third kappa shape index (κ3) is 3.77. The topological polar surface area (TPSA) is 54.0 Å². The molecule has 0 aliphatic heterocycles. The van der Waals surface area contributed by atoms with Crippen molar-refractivity contribution in [3.8, 4) is 17.2 Å². The van der Waals surface area contributed by atoms with Crippen LogP contribution in [0.2, 0.25) is 0 Å². The fourth-order valence-electron chi connectivity index (χ4n) is 3.31. The molecule has 5 heteroatoms. The largest absolute Gasteiger partial charge is 0.493 e. The Bertz CT molecular complexity index is 772. The summed E-state index contributed by atoms with van der Waals surface area (Å²) >= 11 is 0. The Morgan fingerprint density at radius 2 is 1.54 bits per heavy atom. The lowest BCUT2D eigenvalue weighted by atomic mass is 9.90. The molecular weight excluding hydrogens is 332 g/mol. The summed E-state index contributed by atoms with van der Waals surface area (Å²) in [6.45, 7) is 0.132. The van der Waals surface area contributed by atoms with Crippen LogP contribution in [0.1, 0.15) is 39.9 Å². The number of ether oxygens (including phenoxy) is 4. The van der Waals surface area contributed by atoms with Crippen LogP contribution in [0.5, 0.6) is 17.2 Å². The molecule has 0 unspecified atom stereocenters. The van der Waals surface area contributed by atoms with E-state index in [0.717, 1.165) is 18.4 Å². The first-order valence-electron chi connectivity index (χ1n) is 8.74. The van der Waals surface area contributed by atoms with Gasteiger partial charge in [-0.25, -0.2) is 4.79 Å². The minimum atomic E-state index is -0.327. The molecule has 0 fully saturated rings. The minimum Gasteiger partial charge on any atom is -0.493 e. The van der Waals surface area contributed by atoms with Crippen LogP contribution in [0.3, 0.4) is 0 Å². The molecule has 2 aromatic carbocycles. The van der Waals surface area contributed by atoms with Gasteiger partial charge >= 0.3 is 5.97 Å². The van der Waals surface area contributed by atoms with Crippen LogP contribution < -0.4 is 14.2 Å². The van der Waals surface area contributed by atoms with Gasteiger partial charge in [-0.05, 0) is 66.6 Å². The molecule has 0 aromatic heterocycles. The molecule has 0 heterocycles. The van der Waals surface area contributed by atoms with E-state index < -0.39 is 0 Å². The summed E-state index contributed by atoms with van der Waals surface area (Å²) in [4.78, 5) is 12.4. The maximum atomic E-state index is 12.4. The van der Waals surface area contributed by atoms with Crippen molar-refractivity contribution in [1.82, 2.24) is 0 Å². The number of carbonyl (C=O) groups excluding carboxylic acids is 1. The van der Waals surface area contributed by atoms with Crippen molar-refractivity contribution < 1.29 is 23.7 Å². The molecule has 138 valence electrons. The molecule has 0 spiro atoms. The van der Waals surface area contributed by atoms with Gasteiger partial charge < -0.3 is 18.9 Å². The Kier molecular flexibility index (Phi) is 5.66. The Morgan fingerprint density at radius 1 is 0.885 bits per heavy atom. The highest BCUT2D eigenvalue weighted by Gasteiger charge is 2.16. The highest BCUT2D eigenvalue weighted by molar-refractivity contribution is 5.89. The Hall–Kier alpha value is -2.69. The van der Waals surface area contributed by atoms with Gasteiger partial charge in [-0.3, -0.25) is 0 Å². The molecule has 26 heavy (non-hydrogen) atoms. The van der Waals surface area contributed by atoms with Crippen LogP contribution in [0.25, 0.3) is 0 Å². The number of esters is 1. The molecule has 1 aliphatic carbocycles. The highest BCUT2D eigenvalue weighted by atomic mass is 16.5. The van der Waals surface area contributed by atoms with Crippen LogP contribution in [0.15, 0.2) is 30.3 Å². The predicted molar refractivity (Wildman–Crippen MR) is 98.3 cm³/mol. The smallest absolute Gasteiger partial charge is 0.338 e. The van der Waals surface area contributed by atoms with Gasteiger partial charge in [0.25, 0.3) is 0 Å². The van der Waals surface area contributed by atoms with Crippen LogP contribution in [-0.4, -0.2) is 27.3 Å². The number of hydrogen-bond acceptors (Lipinski definition) is 5. The van der Waals surface area contributed by atoms with Crippen molar-refractivity contribution in [2.75, 3.05) is 21.3 Å². The van der Waals surface area contributed by atoms with Gasteiger partial charge in [-0.1, -0.05) is 6.07 Å². The lowest BCUT2D eigenvalue weighted by molar-refractivity contribution is 0.0472. The van der Waals surface area contributed by atoms with Crippen LogP contribution >= 0.6 is 0 Å². The Balaban J connectivity index is 1.73. The molecule has 0 saturated carbocycles. The number of methoxy groups -OCH3 is 3. The van der Waals surface area contributed by atoms with E-state index in [0.29, 0.717) is 22.8 Å². The molecular formula is C21H24O5. The van der Waals surface area contributed by atoms with Crippen molar-refractivity contribution in [2.24, 2.45) is 0 Å². The Labute approximate surface area is 153 Å². The summed E-state index contributed by atoms with van der Waals surface area (Å²) in [5.41, 5.74) is 3.97. The first kappa shape index (κ1) is 18.1. The molecule has 0 radical (unpaired) electrons. The second-order valence-electron chi connectivity index (χ2n) is 6.30. The van der Waals surface area contributed by atoms with E-state index in [1.54, 1.807) is 33.5 Å². The van der Waals surface area contributed by atoms with E-state index in [9.17, 15) is 4.79 Å². The van der Waals surface area contributed by atoms with Gasteiger partial charge in [0.2, 0.25) is 5.75 Å². The lowest BCUT2D eigenvalue weighted by Crippen LogP contribution is -2.09. The summed E-state index contributed by atoms with van der Waals surface area (Å²) in [5.74, 6) is 1.25. The van der Waals surface area contributed by atoms with E-state index in [-0.39, 0.29) is 12.6 Å². The molecule has 0 bridgehead atoms. The van der Waals surface area contributed by atoms with E-state index in [1.807, 2.05) is 18.2 Å². The molecule has 0 amide bonds. The summed E-state index contributed by atoms with van der Waals surface area (Å²) in [6.07, 6.45) is 4.52. The van der Waals surface area contributed by atoms with Gasteiger partial charge in [-0.15, -0.1) is 0 Å². The number of rotatable bonds is 6. The highest BCUT2D eigenvalue weighted by Crippen LogP contribution is 2.38. The van der Waals surface area contributed by atoms with Crippen molar-refractivity contribution in [1.29, 1.82) is 0 Å². The number of carbonyl (C=O) groups is 1. The third-order valence-electron chi connectivity index (χ3n) is 4.68. The van der Waals surface area contributed by atoms with Crippen LogP contribution in [-0.2, 0) is 24.2 Å². The standard InChI is InChI=1S/C21H24O5/c1-23-18-10-14(11-19(24-2)20(18)25-3)13-26-21(22)17-9-8-15-6-4-5-7-16(15)12-17/h8-12H,4-7,13H2,1-3H3. The molecule has 3 rings (SSSR count). The number of benzene rings is 2. The maximum absolute atomic E-state index is 12.4. The predicted octanol–water partition coefficient (Wildman–Crippen LogP) is 3.95. The zero-order valence-corrected chi connectivity index (χ0v) is 15.5. The van der Waals surface area contributed by atoms with Gasteiger partial charge in [0, 0.05) is 0 Å². The summed E-state index contributed by atoms with van der Waals surface area (Å²) in [6, 6.07) is 9.42. The SMILES string of the molecule is COc1cc(COC(=O)c2ccc3c(c2)CCCC3)cc(OC)c1OC.